The first-order valence-electron chi connectivity index (χ1n) is 3.27. The highest BCUT2D eigenvalue weighted by Gasteiger charge is 1.82. The number of allylic oxidation sites excluding steroid dienone is 1. The van der Waals surface area contributed by atoms with Crippen LogP contribution in [-0.2, 0) is 0 Å². The summed E-state index contributed by atoms with van der Waals surface area (Å²) in [7, 11) is 0. The maximum absolute atomic E-state index is 4.16. The Balaban J connectivity index is 2.74. The summed E-state index contributed by atoms with van der Waals surface area (Å²) >= 11 is 0. The summed E-state index contributed by atoms with van der Waals surface area (Å²) in [5, 5.41) is 4.16. The molecule has 0 aromatic heterocycles. The predicted molar refractivity (Wildman–Crippen MR) is 41.5 cm³/mol. The Labute approximate surface area is 57.5 Å². The van der Waals surface area contributed by atoms with Crippen LogP contribution in [0.2, 0.25) is 0 Å². The fourth-order valence-electron chi connectivity index (χ4n) is 0.530. The summed E-state index contributed by atoms with van der Waals surface area (Å²) in [6.45, 7) is 8.91. The quantitative estimate of drug-likeness (QED) is 0.378. The molecule has 0 aliphatic rings. The van der Waals surface area contributed by atoms with Gasteiger partial charge in [-0.15, -0.1) is 13.2 Å². The molecule has 51 valence electrons. The Morgan fingerprint density at radius 3 is 2.56 bits per heavy atom. The Hall–Kier alpha value is -0.560. The third kappa shape index (κ3) is 7.44. The van der Waals surface area contributed by atoms with Crippen molar-refractivity contribution >= 4 is 0 Å². The Bertz CT molecular complexity index is 66.6. The lowest BCUT2D eigenvalue weighted by Crippen LogP contribution is -2.05. The van der Waals surface area contributed by atoms with Crippen LogP contribution in [0.5, 0.6) is 0 Å². The van der Waals surface area contributed by atoms with Crippen LogP contribution >= 0.6 is 0 Å². The van der Waals surface area contributed by atoms with Crippen LogP contribution in [0.4, 0.5) is 0 Å². The van der Waals surface area contributed by atoms with Crippen molar-refractivity contribution in [3.8, 4) is 0 Å². The highest BCUT2D eigenvalue weighted by atomic mass is 14.8. The first-order chi connectivity index (χ1) is 4.41. The van der Waals surface area contributed by atoms with Crippen LogP contribution in [0.3, 0.4) is 0 Å². The highest BCUT2D eigenvalue weighted by molar-refractivity contribution is 4.70. The van der Waals surface area contributed by atoms with Gasteiger partial charge in [0.1, 0.15) is 0 Å². The van der Waals surface area contributed by atoms with Crippen LogP contribution in [0, 0.1) is 0 Å². The van der Waals surface area contributed by atoms with Crippen molar-refractivity contribution in [1.29, 1.82) is 0 Å². The molecule has 0 spiro atoms. The van der Waals surface area contributed by atoms with E-state index in [2.05, 4.69) is 18.5 Å². The number of unbranched alkanes of at least 4 members (excludes halogenated alkanes) is 1. The predicted octanol–water partition coefficient (Wildman–Crippen LogP) is 1.74. The molecule has 0 unspecified atom stereocenters. The van der Waals surface area contributed by atoms with Gasteiger partial charge in [-0.05, 0) is 12.8 Å². The fourth-order valence-corrected chi connectivity index (χ4v) is 0.530. The maximum atomic E-state index is 4.16. The van der Waals surface area contributed by atoms with E-state index in [4.69, 9.17) is 0 Å². The van der Waals surface area contributed by atoms with Crippen LogP contribution in [0.1, 0.15) is 12.8 Å². The van der Waals surface area contributed by atoms with Gasteiger partial charge in [0.15, 0.2) is 0 Å². The summed E-state index contributed by atoms with van der Waals surface area (Å²) in [5.41, 5.74) is 0. The van der Waals surface area contributed by atoms with E-state index >= 15 is 0 Å². The van der Waals surface area contributed by atoms with Gasteiger partial charge in [0.25, 0.3) is 0 Å². The first kappa shape index (κ1) is 8.44. The molecule has 0 aliphatic heterocycles. The highest BCUT2D eigenvalue weighted by Crippen LogP contribution is 1.86. The van der Waals surface area contributed by atoms with E-state index < -0.39 is 0 Å². The topological polar surface area (TPSA) is 14.1 Å². The van der Waals surface area contributed by atoms with Crippen molar-refractivity contribution in [3.05, 3.63) is 25.3 Å². The van der Waals surface area contributed by atoms with E-state index in [0.717, 1.165) is 25.9 Å². The average molecular weight is 124 g/mol. The van der Waals surface area contributed by atoms with Crippen LogP contribution in [-0.4, -0.2) is 13.1 Å². The van der Waals surface area contributed by atoms with Gasteiger partial charge in [0.2, 0.25) is 0 Å². The molecule has 0 aromatic carbocycles. The van der Waals surface area contributed by atoms with E-state index in [1.807, 2.05) is 12.2 Å². The summed E-state index contributed by atoms with van der Waals surface area (Å²) in [4.78, 5) is 0. The zero-order valence-electron chi connectivity index (χ0n) is 5.84. The second kappa shape index (κ2) is 7.44. The number of hydrogen-bond donors (Lipinski definition) is 0. The van der Waals surface area contributed by atoms with Crippen LogP contribution in [0.25, 0.3) is 0 Å². The molecule has 1 radical (unpaired) electrons. The van der Waals surface area contributed by atoms with E-state index in [1.165, 1.54) is 0 Å². The Morgan fingerprint density at radius 2 is 2.00 bits per heavy atom. The zero-order chi connectivity index (χ0) is 6.95. The molecule has 0 aliphatic carbocycles. The van der Waals surface area contributed by atoms with E-state index in [0.29, 0.717) is 0 Å². The molecule has 1 heteroatoms. The molecule has 0 atom stereocenters. The second-order valence-corrected chi connectivity index (χ2v) is 1.85. The summed E-state index contributed by atoms with van der Waals surface area (Å²) in [6.07, 6.45) is 5.93. The van der Waals surface area contributed by atoms with E-state index in [-0.39, 0.29) is 0 Å². The molecule has 0 saturated carbocycles. The molecule has 0 fully saturated rings. The lowest BCUT2D eigenvalue weighted by molar-refractivity contribution is 0.689. The molecule has 0 N–H and O–H groups in total. The zero-order valence-corrected chi connectivity index (χ0v) is 5.84. The minimum atomic E-state index is 0.789. The Morgan fingerprint density at radius 1 is 1.22 bits per heavy atom. The molecule has 9 heavy (non-hydrogen) atoms. The Kier molecular flexibility index (Phi) is 6.98. The molecule has 1 nitrogen and oxygen atoms in total. The minimum Gasteiger partial charge on any atom is -0.238 e. The van der Waals surface area contributed by atoms with E-state index in [1.54, 1.807) is 0 Å². The smallest absolute Gasteiger partial charge is 0.0311 e. The largest absolute Gasteiger partial charge is 0.238 e. The summed E-state index contributed by atoms with van der Waals surface area (Å²) in [5.74, 6) is 0. The lowest BCUT2D eigenvalue weighted by atomic mass is 10.3. The van der Waals surface area contributed by atoms with Gasteiger partial charge < -0.3 is 0 Å². The lowest BCUT2D eigenvalue weighted by Gasteiger charge is -1.94. The van der Waals surface area contributed by atoms with Gasteiger partial charge in [-0.2, -0.15) is 0 Å². The number of hydrogen-bond acceptors (Lipinski definition) is 0. The van der Waals surface area contributed by atoms with Crippen molar-refractivity contribution in [3.63, 3.8) is 0 Å². The number of rotatable bonds is 6. The van der Waals surface area contributed by atoms with Gasteiger partial charge in [-0.1, -0.05) is 12.2 Å². The third-order valence-electron chi connectivity index (χ3n) is 0.983. The molecule has 0 heterocycles. The van der Waals surface area contributed by atoms with Gasteiger partial charge in [-0.3, -0.25) is 0 Å². The van der Waals surface area contributed by atoms with Gasteiger partial charge in [-0.25, -0.2) is 5.32 Å². The molecule has 0 bridgehead atoms. The van der Waals surface area contributed by atoms with Crippen LogP contribution < -0.4 is 5.32 Å². The second-order valence-electron chi connectivity index (χ2n) is 1.85. The normalized spacial score (nSPS) is 8.89. The van der Waals surface area contributed by atoms with E-state index in [9.17, 15) is 0 Å². The average Bonchev–Trinajstić information content (AvgIpc) is 1.89. The summed E-state index contributed by atoms with van der Waals surface area (Å²) < 4.78 is 0. The molecular formula is C8H14N. The molecule has 0 amide bonds. The standard InChI is InChI=1S/C8H14N/c1-3-5-6-8-9-7-4-2/h3-4H,1-2,5-8H2. The fraction of sp³-hybridized carbons (Fsp3) is 0.500. The van der Waals surface area contributed by atoms with Gasteiger partial charge in [0, 0.05) is 13.1 Å². The SMILES string of the molecule is C=CCCC[N]CC=C. The summed E-state index contributed by atoms with van der Waals surface area (Å²) in [6, 6.07) is 0. The van der Waals surface area contributed by atoms with Crippen molar-refractivity contribution < 1.29 is 0 Å². The molecule has 0 aromatic rings. The molecular weight excluding hydrogens is 110 g/mol. The van der Waals surface area contributed by atoms with Crippen molar-refractivity contribution in [2.75, 3.05) is 13.1 Å². The molecule has 0 saturated heterocycles. The van der Waals surface area contributed by atoms with Gasteiger partial charge in [0.05, 0.1) is 0 Å². The minimum absolute atomic E-state index is 0.789. The first-order valence-corrected chi connectivity index (χ1v) is 3.27. The van der Waals surface area contributed by atoms with Crippen molar-refractivity contribution in [1.82, 2.24) is 5.32 Å². The third-order valence-corrected chi connectivity index (χ3v) is 0.983. The molecule has 0 rings (SSSR count). The van der Waals surface area contributed by atoms with Crippen molar-refractivity contribution in [2.45, 2.75) is 12.8 Å². The number of nitrogens with zero attached hydrogens (tertiary/aromatic N) is 1. The maximum Gasteiger partial charge on any atom is 0.0311 e. The van der Waals surface area contributed by atoms with Crippen molar-refractivity contribution in [2.24, 2.45) is 0 Å². The van der Waals surface area contributed by atoms with Crippen LogP contribution in [0.15, 0.2) is 25.3 Å². The monoisotopic (exact) mass is 124 g/mol. The van der Waals surface area contributed by atoms with Gasteiger partial charge >= 0.3 is 0 Å².